The van der Waals surface area contributed by atoms with Crippen LogP contribution >= 0.6 is 11.6 Å². The summed E-state index contributed by atoms with van der Waals surface area (Å²) in [5.74, 6) is -0.401. The number of H-pyrrole nitrogens is 1. The van der Waals surface area contributed by atoms with Crippen molar-refractivity contribution in [1.29, 1.82) is 0 Å². The van der Waals surface area contributed by atoms with Crippen molar-refractivity contribution < 1.29 is 9.53 Å². The largest absolute Gasteiger partial charge is 0.461 e. The first-order valence-electron chi connectivity index (χ1n) is 8.28. The Labute approximate surface area is 155 Å². The lowest BCUT2D eigenvalue weighted by Gasteiger charge is -2.09. The number of fused-ring (bicyclic) bond motifs is 1. The average molecular weight is 366 g/mol. The lowest BCUT2D eigenvalue weighted by Crippen LogP contribution is -2.05. The first kappa shape index (κ1) is 16.4. The molecule has 130 valence electrons. The molecule has 0 radical (unpaired) electrons. The van der Waals surface area contributed by atoms with E-state index in [4.69, 9.17) is 16.3 Å². The van der Waals surface area contributed by atoms with E-state index >= 15 is 0 Å². The van der Waals surface area contributed by atoms with Crippen molar-refractivity contribution in [2.45, 2.75) is 6.92 Å². The maximum absolute atomic E-state index is 12.1. The van der Waals surface area contributed by atoms with Gasteiger partial charge in [0.15, 0.2) is 0 Å². The Morgan fingerprint density at radius 3 is 2.62 bits per heavy atom. The van der Waals surface area contributed by atoms with Gasteiger partial charge in [0.1, 0.15) is 11.2 Å². The topological polar surface area (TPSA) is 59.9 Å². The highest BCUT2D eigenvalue weighted by atomic mass is 35.5. The molecule has 6 heteroatoms. The lowest BCUT2D eigenvalue weighted by molar-refractivity contribution is 0.0520. The maximum atomic E-state index is 12.1. The van der Waals surface area contributed by atoms with Crippen LogP contribution in [0.2, 0.25) is 5.02 Å². The molecule has 2 aromatic heterocycles. The van der Waals surface area contributed by atoms with E-state index in [1.165, 1.54) is 0 Å². The molecule has 0 aliphatic heterocycles. The quantitative estimate of drug-likeness (QED) is 0.526. The van der Waals surface area contributed by atoms with Gasteiger partial charge in [-0.1, -0.05) is 48.0 Å². The second-order valence-electron chi connectivity index (χ2n) is 5.74. The molecular formula is C20H16ClN3O2. The molecule has 5 nitrogen and oxygen atoms in total. The van der Waals surface area contributed by atoms with E-state index in [-0.39, 0.29) is 0 Å². The van der Waals surface area contributed by atoms with Gasteiger partial charge in [0.2, 0.25) is 0 Å². The van der Waals surface area contributed by atoms with E-state index in [9.17, 15) is 4.79 Å². The van der Waals surface area contributed by atoms with E-state index in [1.54, 1.807) is 13.0 Å². The fourth-order valence-corrected chi connectivity index (χ4v) is 3.17. The number of aromatic nitrogens is 3. The molecule has 0 spiro atoms. The number of hydrogen-bond donors (Lipinski definition) is 1. The fourth-order valence-electron chi connectivity index (χ4n) is 2.94. The van der Waals surface area contributed by atoms with Gasteiger partial charge in [-0.25, -0.2) is 9.48 Å². The Morgan fingerprint density at radius 1 is 1.15 bits per heavy atom. The molecule has 0 aliphatic rings. The summed E-state index contributed by atoms with van der Waals surface area (Å²) in [6.45, 7) is 2.09. The van der Waals surface area contributed by atoms with Crippen LogP contribution in [0.3, 0.4) is 0 Å². The molecule has 0 saturated carbocycles. The molecule has 0 unspecified atom stereocenters. The van der Waals surface area contributed by atoms with Crippen molar-refractivity contribution >= 4 is 28.6 Å². The van der Waals surface area contributed by atoms with Crippen molar-refractivity contribution in [3.05, 3.63) is 71.4 Å². The van der Waals surface area contributed by atoms with Crippen LogP contribution in [0.1, 0.15) is 17.4 Å². The van der Waals surface area contributed by atoms with Crippen LogP contribution in [0.4, 0.5) is 0 Å². The zero-order valence-corrected chi connectivity index (χ0v) is 14.8. The molecule has 2 heterocycles. The zero-order chi connectivity index (χ0) is 18.1. The zero-order valence-electron chi connectivity index (χ0n) is 14.1. The highest BCUT2D eigenvalue weighted by Gasteiger charge is 2.21. The van der Waals surface area contributed by atoms with Crippen LogP contribution in [0.5, 0.6) is 0 Å². The van der Waals surface area contributed by atoms with E-state index in [0.717, 1.165) is 22.5 Å². The molecule has 0 atom stereocenters. The van der Waals surface area contributed by atoms with Gasteiger partial charge in [-0.3, -0.25) is 0 Å². The molecule has 0 amide bonds. The smallest absolute Gasteiger partial charge is 0.354 e. The number of rotatable bonds is 4. The molecule has 0 fully saturated rings. The minimum absolute atomic E-state index is 0.316. The van der Waals surface area contributed by atoms with E-state index < -0.39 is 5.97 Å². The fraction of sp³-hybridized carbons (Fsp3) is 0.100. The number of esters is 1. The number of nitrogens with zero attached hydrogens (tertiary/aromatic N) is 2. The summed E-state index contributed by atoms with van der Waals surface area (Å²) in [6, 6.07) is 19.1. The van der Waals surface area contributed by atoms with Crippen LogP contribution in [-0.4, -0.2) is 27.3 Å². The van der Waals surface area contributed by atoms with Crippen LogP contribution in [-0.2, 0) is 4.74 Å². The number of carbonyl (C=O) groups is 1. The Morgan fingerprint density at radius 2 is 1.88 bits per heavy atom. The predicted octanol–water partition coefficient (Wildman–Crippen LogP) is 4.85. The minimum Gasteiger partial charge on any atom is -0.461 e. The number of benzene rings is 2. The summed E-state index contributed by atoms with van der Waals surface area (Å²) in [6.07, 6.45) is 0. The Kier molecular flexibility index (Phi) is 4.22. The van der Waals surface area contributed by atoms with Gasteiger partial charge >= 0.3 is 5.97 Å². The molecule has 0 aliphatic carbocycles. The summed E-state index contributed by atoms with van der Waals surface area (Å²) in [5, 5.41) is 5.29. The third-order valence-electron chi connectivity index (χ3n) is 4.08. The molecule has 26 heavy (non-hydrogen) atoms. The third-order valence-corrected chi connectivity index (χ3v) is 4.41. The van der Waals surface area contributed by atoms with E-state index in [2.05, 4.69) is 10.1 Å². The maximum Gasteiger partial charge on any atom is 0.354 e. The highest BCUT2D eigenvalue weighted by Crippen LogP contribution is 2.35. The molecule has 2 aromatic carbocycles. The number of ether oxygens (including phenoxy) is 1. The summed E-state index contributed by atoms with van der Waals surface area (Å²) >= 11 is 6.45. The number of aromatic amines is 1. The molecule has 0 bridgehead atoms. The SMILES string of the molecule is CCOC(=O)c1cc2nn(-c3ccccc3)c(-c3ccccc3Cl)c2[nH]1. The molecule has 4 rings (SSSR count). The van der Waals surface area contributed by atoms with Crippen LogP contribution in [0.15, 0.2) is 60.7 Å². The Bertz CT molecular complexity index is 1080. The average Bonchev–Trinajstić information content (AvgIpc) is 3.21. The lowest BCUT2D eigenvalue weighted by atomic mass is 10.1. The van der Waals surface area contributed by atoms with Crippen LogP contribution in [0.25, 0.3) is 28.0 Å². The molecule has 4 aromatic rings. The first-order chi connectivity index (χ1) is 12.7. The molecule has 0 saturated heterocycles. The second kappa shape index (κ2) is 6.69. The van der Waals surface area contributed by atoms with Gasteiger partial charge in [0, 0.05) is 5.56 Å². The third kappa shape index (κ3) is 2.76. The summed E-state index contributed by atoms with van der Waals surface area (Å²) in [5.41, 5.74) is 4.32. The monoisotopic (exact) mass is 365 g/mol. The van der Waals surface area contributed by atoms with Crippen LogP contribution < -0.4 is 0 Å². The predicted molar refractivity (Wildman–Crippen MR) is 102 cm³/mol. The van der Waals surface area contributed by atoms with Crippen molar-refractivity contribution in [3.8, 4) is 16.9 Å². The second-order valence-corrected chi connectivity index (χ2v) is 6.15. The standard InChI is InChI=1S/C20H16ClN3O2/c1-2-26-20(25)17-12-16-18(22-17)19(14-10-6-7-11-15(14)21)24(23-16)13-8-4-3-5-9-13/h3-12,22H,2H2,1H3. The normalized spacial score (nSPS) is 11.0. The van der Waals surface area contributed by atoms with Gasteiger partial charge < -0.3 is 9.72 Å². The van der Waals surface area contributed by atoms with E-state index in [1.807, 2.05) is 59.3 Å². The minimum atomic E-state index is -0.401. The van der Waals surface area contributed by atoms with Gasteiger partial charge in [0.05, 0.1) is 28.5 Å². The summed E-state index contributed by atoms with van der Waals surface area (Å²) in [7, 11) is 0. The Hall–Kier alpha value is -3.05. The van der Waals surface area contributed by atoms with Gasteiger partial charge in [0.25, 0.3) is 0 Å². The van der Waals surface area contributed by atoms with Gasteiger partial charge in [-0.2, -0.15) is 5.10 Å². The molecule has 1 N–H and O–H groups in total. The van der Waals surface area contributed by atoms with Gasteiger partial charge in [-0.05, 0) is 31.2 Å². The van der Waals surface area contributed by atoms with Crippen molar-refractivity contribution in [2.24, 2.45) is 0 Å². The number of para-hydroxylation sites is 1. The van der Waals surface area contributed by atoms with Crippen molar-refractivity contribution in [2.75, 3.05) is 6.61 Å². The molecular weight excluding hydrogens is 350 g/mol. The number of halogens is 1. The number of nitrogens with one attached hydrogen (secondary N) is 1. The number of hydrogen-bond acceptors (Lipinski definition) is 3. The summed E-state index contributed by atoms with van der Waals surface area (Å²) < 4.78 is 6.91. The number of carbonyl (C=O) groups excluding carboxylic acids is 1. The van der Waals surface area contributed by atoms with Crippen molar-refractivity contribution in [3.63, 3.8) is 0 Å². The van der Waals surface area contributed by atoms with Crippen LogP contribution in [0, 0.1) is 0 Å². The van der Waals surface area contributed by atoms with Crippen molar-refractivity contribution in [1.82, 2.24) is 14.8 Å². The Balaban J connectivity index is 1.97. The first-order valence-corrected chi connectivity index (χ1v) is 8.66. The van der Waals surface area contributed by atoms with Gasteiger partial charge in [-0.15, -0.1) is 0 Å². The highest BCUT2D eigenvalue weighted by molar-refractivity contribution is 6.33. The summed E-state index contributed by atoms with van der Waals surface area (Å²) in [4.78, 5) is 15.2. The van der Waals surface area contributed by atoms with E-state index in [0.29, 0.717) is 22.8 Å².